The minimum absolute atomic E-state index is 0.0930. The van der Waals surface area contributed by atoms with Gasteiger partial charge in [0.2, 0.25) is 5.91 Å². The van der Waals surface area contributed by atoms with E-state index in [1.165, 1.54) is 10.9 Å². The van der Waals surface area contributed by atoms with E-state index in [1.807, 2.05) is 44.6 Å². The number of carbonyl (C=O) groups excluding carboxylic acids is 1. The predicted molar refractivity (Wildman–Crippen MR) is 100 cm³/mol. The summed E-state index contributed by atoms with van der Waals surface area (Å²) in [5, 5.41) is 5.42. The average molecular weight is 349 g/mol. The van der Waals surface area contributed by atoms with Crippen LogP contribution in [0.3, 0.4) is 0 Å². The number of likely N-dealkylation sites (tertiary alicyclic amines) is 1. The molecule has 3 aromatic rings. The third kappa shape index (κ3) is 3.08. The normalized spacial score (nSPS) is 20.7. The number of rotatable bonds is 4. The summed E-state index contributed by atoms with van der Waals surface area (Å²) in [6.07, 6.45) is 3.83. The number of hydrogen-bond donors (Lipinski definition) is 1. The third-order valence-electron chi connectivity index (χ3n) is 5.24. The third-order valence-corrected chi connectivity index (χ3v) is 5.24. The topological polar surface area (TPSA) is 77.0 Å². The van der Waals surface area contributed by atoms with Gasteiger partial charge in [-0.15, -0.1) is 0 Å². The molecule has 26 heavy (non-hydrogen) atoms. The van der Waals surface area contributed by atoms with Crippen molar-refractivity contribution in [1.29, 1.82) is 0 Å². The van der Waals surface area contributed by atoms with Crippen LogP contribution >= 0.6 is 0 Å². The van der Waals surface area contributed by atoms with E-state index in [4.69, 9.17) is 5.73 Å². The summed E-state index contributed by atoms with van der Waals surface area (Å²) in [5.74, 6) is -0.332. The second kappa shape index (κ2) is 6.53. The molecule has 0 spiro atoms. The first-order chi connectivity index (χ1) is 12.5. The summed E-state index contributed by atoms with van der Waals surface area (Å²) >= 11 is 0. The molecule has 1 amide bonds. The monoisotopic (exact) mass is 349 g/mol. The molecule has 134 valence electrons. The summed E-state index contributed by atoms with van der Waals surface area (Å²) < 4.78 is 1.77. The summed E-state index contributed by atoms with van der Waals surface area (Å²) in [5.41, 5.74) is 10.0. The maximum atomic E-state index is 12.0. The van der Waals surface area contributed by atoms with Gasteiger partial charge in [-0.05, 0) is 30.2 Å². The van der Waals surface area contributed by atoms with Gasteiger partial charge >= 0.3 is 0 Å². The van der Waals surface area contributed by atoms with Crippen LogP contribution in [0.1, 0.15) is 22.7 Å². The van der Waals surface area contributed by atoms with Crippen LogP contribution in [0.4, 0.5) is 0 Å². The standard InChI is InChI=1S/C20H23N5O/c1-13-7-14(16-5-3-4-6-19(16)23-13)10-25-11-17(18(12-25)20(21)26)15-8-22-24(2)9-15/h3-9,17-18H,10-12H2,1-2H3,(H2,21,26)/t17-,18+/m1/s1. The molecule has 6 nitrogen and oxygen atoms in total. The molecule has 1 aliphatic heterocycles. The Morgan fingerprint density at radius 1 is 1.31 bits per heavy atom. The van der Waals surface area contributed by atoms with E-state index in [0.29, 0.717) is 6.54 Å². The molecule has 1 aromatic carbocycles. The number of fused-ring (bicyclic) bond motifs is 1. The minimum Gasteiger partial charge on any atom is -0.369 e. The number of carbonyl (C=O) groups is 1. The molecule has 0 unspecified atom stereocenters. The van der Waals surface area contributed by atoms with Gasteiger partial charge in [0, 0.05) is 49.9 Å². The summed E-state index contributed by atoms with van der Waals surface area (Å²) in [6, 6.07) is 10.3. The maximum absolute atomic E-state index is 12.0. The molecule has 0 radical (unpaired) electrons. The van der Waals surface area contributed by atoms with Crippen LogP contribution in [-0.4, -0.2) is 38.7 Å². The fourth-order valence-electron chi connectivity index (χ4n) is 4.04. The second-order valence-electron chi connectivity index (χ2n) is 7.20. The summed E-state index contributed by atoms with van der Waals surface area (Å²) in [7, 11) is 1.89. The Morgan fingerprint density at radius 3 is 2.85 bits per heavy atom. The molecule has 1 saturated heterocycles. The Hall–Kier alpha value is -2.73. The fraction of sp³-hybridized carbons (Fsp3) is 0.350. The zero-order chi connectivity index (χ0) is 18.3. The summed E-state index contributed by atoms with van der Waals surface area (Å²) in [6.45, 7) is 4.27. The molecule has 2 N–H and O–H groups in total. The zero-order valence-corrected chi connectivity index (χ0v) is 15.1. The number of primary amides is 1. The van der Waals surface area contributed by atoms with Crippen molar-refractivity contribution in [3.05, 3.63) is 59.5 Å². The van der Waals surface area contributed by atoms with Crippen LogP contribution in [-0.2, 0) is 18.4 Å². The lowest BCUT2D eigenvalue weighted by Gasteiger charge is -2.17. The maximum Gasteiger partial charge on any atom is 0.222 e. The van der Waals surface area contributed by atoms with Gasteiger partial charge in [-0.25, -0.2) is 0 Å². The highest BCUT2D eigenvalue weighted by molar-refractivity contribution is 5.82. The van der Waals surface area contributed by atoms with Crippen molar-refractivity contribution in [2.45, 2.75) is 19.4 Å². The van der Waals surface area contributed by atoms with E-state index >= 15 is 0 Å². The lowest BCUT2D eigenvalue weighted by molar-refractivity contribution is -0.121. The number of pyridine rings is 1. The molecule has 0 aliphatic carbocycles. The van der Waals surface area contributed by atoms with E-state index < -0.39 is 0 Å². The van der Waals surface area contributed by atoms with Gasteiger partial charge in [0.25, 0.3) is 0 Å². The van der Waals surface area contributed by atoms with Gasteiger partial charge in [-0.3, -0.25) is 19.4 Å². The molecular weight excluding hydrogens is 326 g/mol. The van der Waals surface area contributed by atoms with E-state index in [9.17, 15) is 4.79 Å². The van der Waals surface area contributed by atoms with E-state index in [-0.39, 0.29) is 17.7 Å². The molecular formula is C20H23N5O. The Morgan fingerprint density at radius 2 is 2.12 bits per heavy atom. The fourth-order valence-corrected chi connectivity index (χ4v) is 4.04. The van der Waals surface area contributed by atoms with Crippen LogP contribution in [0.5, 0.6) is 0 Å². The van der Waals surface area contributed by atoms with Gasteiger partial charge in [0.15, 0.2) is 0 Å². The number of nitrogens with zero attached hydrogens (tertiary/aromatic N) is 4. The first-order valence-corrected chi connectivity index (χ1v) is 8.87. The molecule has 0 bridgehead atoms. The summed E-state index contributed by atoms with van der Waals surface area (Å²) in [4.78, 5) is 18.9. The van der Waals surface area contributed by atoms with Crippen LogP contribution in [0, 0.1) is 12.8 Å². The van der Waals surface area contributed by atoms with E-state index in [0.717, 1.165) is 29.9 Å². The Kier molecular flexibility index (Phi) is 4.20. The SMILES string of the molecule is Cc1cc(CN2C[C@H](C(N)=O)[C@@H](c3cnn(C)c3)C2)c2ccccc2n1. The van der Waals surface area contributed by atoms with Crippen molar-refractivity contribution in [2.75, 3.05) is 13.1 Å². The average Bonchev–Trinajstić information content (AvgIpc) is 3.21. The quantitative estimate of drug-likeness (QED) is 0.781. The number of amides is 1. The van der Waals surface area contributed by atoms with Gasteiger partial charge < -0.3 is 5.73 Å². The molecule has 0 saturated carbocycles. The van der Waals surface area contributed by atoms with E-state index in [2.05, 4.69) is 27.1 Å². The van der Waals surface area contributed by atoms with Crippen LogP contribution in [0.15, 0.2) is 42.7 Å². The smallest absolute Gasteiger partial charge is 0.222 e. The van der Waals surface area contributed by atoms with E-state index in [1.54, 1.807) is 4.68 Å². The van der Waals surface area contributed by atoms with Crippen molar-refractivity contribution in [2.24, 2.45) is 18.7 Å². The molecule has 3 heterocycles. The van der Waals surface area contributed by atoms with Crippen LogP contribution in [0.25, 0.3) is 10.9 Å². The first kappa shape index (κ1) is 16.7. The second-order valence-corrected chi connectivity index (χ2v) is 7.20. The van der Waals surface area contributed by atoms with Gasteiger partial charge in [0.1, 0.15) is 0 Å². The van der Waals surface area contributed by atoms with Crippen molar-refractivity contribution < 1.29 is 4.79 Å². The highest BCUT2D eigenvalue weighted by atomic mass is 16.1. The molecule has 1 fully saturated rings. The number of aryl methyl sites for hydroxylation is 2. The minimum atomic E-state index is -0.239. The Labute approximate surface area is 152 Å². The van der Waals surface area contributed by atoms with Crippen LogP contribution < -0.4 is 5.73 Å². The number of nitrogens with two attached hydrogens (primary N) is 1. The predicted octanol–water partition coefficient (Wildman–Crippen LogP) is 1.98. The number of hydrogen-bond acceptors (Lipinski definition) is 4. The van der Waals surface area contributed by atoms with Gasteiger partial charge in [-0.1, -0.05) is 18.2 Å². The van der Waals surface area contributed by atoms with Crippen LogP contribution in [0.2, 0.25) is 0 Å². The number of benzene rings is 1. The number of para-hydroxylation sites is 1. The van der Waals surface area contributed by atoms with Crippen molar-refractivity contribution in [1.82, 2.24) is 19.7 Å². The molecule has 2 atom stereocenters. The first-order valence-electron chi connectivity index (χ1n) is 8.87. The lowest BCUT2D eigenvalue weighted by Crippen LogP contribution is -2.29. The highest BCUT2D eigenvalue weighted by Gasteiger charge is 2.38. The van der Waals surface area contributed by atoms with Gasteiger partial charge in [-0.2, -0.15) is 5.10 Å². The highest BCUT2D eigenvalue weighted by Crippen LogP contribution is 2.34. The molecule has 2 aromatic heterocycles. The molecule has 1 aliphatic rings. The Balaban J connectivity index is 1.62. The Bertz CT molecular complexity index is 964. The zero-order valence-electron chi connectivity index (χ0n) is 15.1. The van der Waals surface area contributed by atoms with Crippen molar-refractivity contribution >= 4 is 16.8 Å². The van der Waals surface area contributed by atoms with Gasteiger partial charge in [0.05, 0.1) is 17.6 Å². The number of aromatic nitrogens is 3. The lowest BCUT2D eigenvalue weighted by atomic mass is 9.90. The largest absolute Gasteiger partial charge is 0.369 e. The van der Waals surface area contributed by atoms with Crippen molar-refractivity contribution in [3.63, 3.8) is 0 Å². The molecule has 6 heteroatoms. The van der Waals surface area contributed by atoms with Crippen molar-refractivity contribution in [3.8, 4) is 0 Å². The molecule has 4 rings (SSSR count).